The molecule has 0 saturated carbocycles. The lowest BCUT2D eigenvalue weighted by Gasteiger charge is -2.17. The van der Waals surface area contributed by atoms with Gasteiger partial charge in [0.25, 0.3) is 6.01 Å². The van der Waals surface area contributed by atoms with Gasteiger partial charge in [0, 0.05) is 18.2 Å². The summed E-state index contributed by atoms with van der Waals surface area (Å²) in [4.78, 5) is 12.0. The van der Waals surface area contributed by atoms with Gasteiger partial charge in [0.2, 0.25) is 0 Å². The maximum Gasteiger partial charge on any atom is 0.296 e. The monoisotopic (exact) mass is 535 g/mol. The Morgan fingerprint density at radius 3 is 2.84 bits per heavy atom. The Kier molecular flexibility index (Phi) is 7.68. The van der Waals surface area contributed by atoms with E-state index in [0.29, 0.717) is 59.3 Å². The number of hydrogen-bond acceptors (Lipinski definition) is 9. The second-order valence-electron chi connectivity index (χ2n) is 8.90. The normalized spacial score (nSPS) is 25.9. The first kappa shape index (κ1) is 25.9. The van der Waals surface area contributed by atoms with E-state index in [2.05, 4.69) is 20.3 Å². The summed E-state index contributed by atoms with van der Waals surface area (Å²) < 4.78 is 37.5. The number of rotatable bonds is 7. The van der Waals surface area contributed by atoms with Crippen LogP contribution in [0.5, 0.6) is 11.8 Å². The van der Waals surface area contributed by atoms with E-state index in [4.69, 9.17) is 36.3 Å². The van der Waals surface area contributed by atoms with Crippen molar-refractivity contribution in [1.29, 1.82) is 0 Å². The number of imidazole rings is 1. The molecule has 37 heavy (non-hydrogen) atoms. The zero-order valence-corrected chi connectivity index (χ0v) is 21.4. The van der Waals surface area contributed by atoms with E-state index in [1.807, 2.05) is 19.9 Å². The highest BCUT2D eigenvalue weighted by Gasteiger charge is 2.48. The van der Waals surface area contributed by atoms with Crippen molar-refractivity contribution in [3.63, 3.8) is 0 Å². The van der Waals surface area contributed by atoms with E-state index in [1.54, 1.807) is 6.07 Å². The number of benzene rings is 1. The number of nitrogens with one attached hydrogen (secondary N) is 2. The molecule has 3 aliphatic rings. The van der Waals surface area contributed by atoms with Gasteiger partial charge in [0.1, 0.15) is 42.3 Å². The van der Waals surface area contributed by atoms with Crippen LogP contribution in [0.15, 0.2) is 18.2 Å². The first-order chi connectivity index (χ1) is 18.0. The fourth-order valence-electron chi connectivity index (χ4n) is 5.00. The predicted molar refractivity (Wildman–Crippen MR) is 136 cm³/mol. The van der Waals surface area contributed by atoms with Crippen LogP contribution >= 0.6 is 11.6 Å². The Morgan fingerprint density at radius 2 is 2.03 bits per heavy atom. The van der Waals surface area contributed by atoms with Gasteiger partial charge in [-0.2, -0.15) is 4.98 Å². The number of nitrogens with zero attached hydrogens (tertiary/aromatic N) is 2. The zero-order valence-electron chi connectivity index (χ0n) is 20.7. The number of pyridine rings is 1. The summed E-state index contributed by atoms with van der Waals surface area (Å²) in [6, 6.07) is 4.90. The number of hydrogen-bond donors (Lipinski definition) is 4. The van der Waals surface area contributed by atoms with Gasteiger partial charge < -0.3 is 40.1 Å². The Balaban J connectivity index is 0.00000137. The minimum absolute atomic E-state index is 0.217. The molecule has 200 valence electrons. The first-order valence-corrected chi connectivity index (χ1v) is 12.9. The number of aromatic amines is 1. The molecule has 2 unspecified atom stereocenters. The third-order valence-electron chi connectivity index (χ3n) is 6.59. The minimum Gasteiger partial charge on any atom is -0.492 e. The summed E-state index contributed by atoms with van der Waals surface area (Å²) in [5.41, 5.74) is 7.94. The number of aryl methyl sites for hydroxylation is 1. The number of aliphatic hydroxyl groups is 1. The first-order valence-electron chi connectivity index (χ1n) is 12.6. The minimum atomic E-state index is -0.658. The van der Waals surface area contributed by atoms with Gasteiger partial charge in [-0.05, 0) is 30.5 Å². The molecule has 1 aromatic carbocycles. The van der Waals surface area contributed by atoms with E-state index < -0.39 is 18.3 Å². The quantitative estimate of drug-likeness (QED) is 0.359. The highest BCUT2D eigenvalue weighted by atomic mass is 35.5. The molecule has 10 nitrogen and oxygen atoms in total. The lowest BCUT2D eigenvalue weighted by molar-refractivity contribution is 0.00706. The van der Waals surface area contributed by atoms with E-state index in [-0.39, 0.29) is 37.2 Å². The molecule has 2 saturated heterocycles. The van der Waals surface area contributed by atoms with E-state index in [1.165, 1.54) is 6.07 Å². The van der Waals surface area contributed by atoms with Crippen LogP contribution in [-0.4, -0.2) is 70.8 Å². The Bertz CT molecular complexity index is 1260. The molecular weight excluding hydrogens is 505 g/mol. The largest absolute Gasteiger partial charge is 0.492 e. The molecule has 3 aromatic rings. The Hall–Kier alpha value is -2.70. The van der Waals surface area contributed by atoms with Crippen LogP contribution < -0.4 is 20.5 Å². The molecule has 1 aliphatic carbocycles. The SMILES string of the molecule is CC.NCCOc1cc(F)c2c(c1)CCC2Nc1nc2nc(O[C@@H]3COC4[C@H](O)CO[C@@H]43)[nH]c2cc1Cl. The van der Waals surface area contributed by atoms with Gasteiger partial charge in [0.15, 0.2) is 11.8 Å². The van der Waals surface area contributed by atoms with Crippen LogP contribution in [0.25, 0.3) is 11.2 Å². The number of halogens is 2. The fourth-order valence-corrected chi connectivity index (χ4v) is 5.20. The van der Waals surface area contributed by atoms with Crippen LogP contribution in [0, 0.1) is 5.82 Å². The van der Waals surface area contributed by atoms with Crippen LogP contribution in [0.1, 0.15) is 37.4 Å². The molecular formula is C25H31ClFN5O5. The van der Waals surface area contributed by atoms with Gasteiger partial charge in [-0.1, -0.05) is 25.4 Å². The Morgan fingerprint density at radius 1 is 1.22 bits per heavy atom. The second kappa shape index (κ2) is 11.0. The van der Waals surface area contributed by atoms with Crippen LogP contribution in [-0.2, 0) is 15.9 Å². The number of fused-ring (bicyclic) bond motifs is 3. The topological polar surface area (TPSA) is 137 Å². The van der Waals surface area contributed by atoms with E-state index in [0.717, 1.165) is 5.56 Å². The van der Waals surface area contributed by atoms with Gasteiger partial charge in [0.05, 0.1) is 29.8 Å². The molecule has 5 atom stereocenters. The lowest BCUT2D eigenvalue weighted by atomic mass is 10.1. The summed E-state index contributed by atoms with van der Waals surface area (Å²) in [7, 11) is 0. The molecule has 0 spiro atoms. The number of ether oxygens (including phenoxy) is 4. The maximum atomic E-state index is 14.9. The standard InChI is InChI=1S/C23H25ClFN5O5.C2H6/c24-12-7-15-22(30-23(28-15)35-17-9-34-19-16(31)8-33-20(17)19)29-21(12)27-14-2-1-10-5-11(32-4-3-26)6-13(25)18(10)14;1-2/h5-7,14,16-17,19-20,31H,1-4,8-9,26H2,(H2,27,28,29,30);1-2H3/t14?,16-,17-,19?,20-;/m1./s1. The molecule has 12 heteroatoms. The van der Waals surface area contributed by atoms with Crippen molar-refractivity contribution < 1.29 is 28.4 Å². The number of H-pyrrole nitrogens is 1. The molecule has 2 aromatic heterocycles. The molecule has 6 rings (SSSR count). The van der Waals surface area contributed by atoms with Gasteiger partial charge in [-0.15, -0.1) is 0 Å². The number of anilines is 1. The summed E-state index contributed by atoms with van der Waals surface area (Å²) in [6.07, 6.45) is -0.423. The highest BCUT2D eigenvalue weighted by Crippen LogP contribution is 2.39. The average molecular weight is 536 g/mol. The van der Waals surface area contributed by atoms with Gasteiger partial charge in [-0.3, -0.25) is 0 Å². The van der Waals surface area contributed by atoms with E-state index >= 15 is 0 Å². The predicted octanol–water partition coefficient (Wildman–Crippen LogP) is 3.12. The smallest absolute Gasteiger partial charge is 0.296 e. The highest BCUT2D eigenvalue weighted by molar-refractivity contribution is 6.33. The Labute approximate surface area is 218 Å². The number of nitrogens with two attached hydrogens (primary N) is 1. The fraction of sp³-hybridized carbons (Fsp3) is 0.520. The van der Waals surface area contributed by atoms with Gasteiger partial charge >= 0.3 is 0 Å². The van der Waals surface area contributed by atoms with E-state index in [9.17, 15) is 9.50 Å². The summed E-state index contributed by atoms with van der Waals surface area (Å²) >= 11 is 6.49. The van der Waals surface area contributed by atoms with Crippen molar-refractivity contribution in [1.82, 2.24) is 15.0 Å². The van der Waals surface area contributed by atoms with Crippen molar-refractivity contribution >= 4 is 28.6 Å². The molecule has 4 heterocycles. The molecule has 2 aliphatic heterocycles. The summed E-state index contributed by atoms with van der Waals surface area (Å²) in [6.45, 7) is 5.20. The summed E-state index contributed by atoms with van der Waals surface area (Å²) in [5.74, 6) is 0.545. The van der Waals surface area contributed by atoms with Crippen LogP contribution in [0.2, 0.25) is 5.02 Å². The van der Waals surface area contributed by atoms with Crippen LogP contribution in [0.3, 0.4) is 0 Å². The lowest BCUT2D eigenvalue weighted by Crippen LogP contribution is -2.34. The third kappa shape index (κ3) is 5.06. The van der Waals surface area contributed by atoms with Crippen molar-refractivity contribution in [3.8, 4) is 11.8 Å². The molecule has 0 amide bonds. The van der Waals surface area contributed by atoms with Crippen molar-refractivity contribution in [2.75, 3.05) is 31.7 Å². The molecule has 5 N–H and O–H groups in total. The molecule has 0 radical (unpaired) electrons. The zero-order chi connectivity index (χ0) is 26.1. The second-order valence-corrected chi connectivity index (χ2v) is 9.31. The maximum absolute atomic E-state index is 14.9. The van der Waals surface area contributed by atoms with Crippen molar-refractivity contribution in [2.24, 2.45) is 5.73 Å². The van der Waals surface area contributed by atoms with Crippen LogP contribution in [0.4, 0.5) is 10.2 Å². The third-order valence-corrected chi connectivity index (χ3v) is 6.87. The average Bonchev–Trinajstić information content (AvgIpc) is 3.66. The number of aliphatic hydroxyl groups excluding tert-OH is 1. The van der Waals surface area contributed by atoms with Gasteiger partial charge in [-0.25, -0.2) is 9.37 Å². The summed E-state index contributed by atoms with van der Waals surface area (Å²) in [5, 5.41) is 13.6. The molecule has 2 fully saturated rings. The number of aromatic nitrogens is 3. The molecule has 0 bridgehead atoms. The van der Waals surface area contributed by atoms with Crippen molar-refractivity contribution in [3.05, 3.63) is 40.2 Å². The van der Waals surface area contributed by atoms with Crippen molar-refractivity contribution in [2.45, 2.75) is 57.1 Å².